The van der Waals surface area contributed by atoms with Crippen molar-refractivity contribution in [2.45, 2.75) is 6.18 Å². The zero-order valence-corrected chi connectivity index (χ0v) is 11.6. The third-order valence-electron chi connectivity index (χ3n) is 1.82. The first-order valence-corrected chi connectivity index (χ1v) is 6.02. The van der Waals surface area contributed by atoms with Gasteiger partial charge in [-0.3, -0.25) is 0 Å². The summed E-state index contributed by atoms with van der Waals surface area (Å²) >= 11 is 11.8. The molecule has 0 amide bonds. The van der Waals surface area contributed by atoms with Crippen LogP contribution in [0.4, 0.5) is 13.2 Å². The number of halogens is 6. The molecule has 2 aromatic rings. The SMILES string of the molecule is FC(F)(F)c1nc(Cl)c2cc(Br)nc(Br)c2n1. The van der Waals surface area contributed by atoms with E-state index in [1.165, 1.54) is 6.07 Å². The Hall–Kier alpha value is -0.470. The number of alkyl halides is 3. The molecule has 0 aromatic carbocycles. The third kappa shape index (κ3) is 2.53. The van der Waals surface area contributed by atoms with Crippen molar-refractivity contribution in [2.75, 3.05) is 0 Å². The van der Waals surface area contributed by atoms with Gasteiger partial charge in [-0.05, 0) is 37.9 Å². The first kappa shape index (κ1) is 13.0. The normalized spacial score (nSPS) is 12.1. The van der Waals surface area contributed by atoms with E-state index < -0.39 is 12.0 Å². The van der Waals surface area contributed by atoms with Crippen molar-refractivity contribution in [1.82, 2.24) is 15.0 Å². The smallest absolute Gasteiger partial charge is 0.232 e. The Morgan fingerprint density at radius 3 is 2.35 bits per heavy atom. The summed E-state index contributed by atoms with van der Waals surface area (Å²) in [5.41, 5.74) is 0.0144. The van der Waals surface area contributed by atoms with Gasteiger partial charge >= 0.3 is 6.18 Å². The lowest BCUT2D eigenvalue weighted by Gasteiger charge is -2.08. The zero-order valence-electron chi connectivity index (χ0n) is 7.69. The molecule has 0 atom stereocenters. The van der Waals surface area contributed by atoms with Crippen LogP contribution in [0.25, 0.3) is 10.9 Å². The number of nitrogens with zero attached hydrogens (tertiary/aromatic N) is 3. The second-order valence-electron chi connectivity index (χ2n) is 2.97. The summed E-state index contributed by atoms with van der Waals surface area (Å²) in [4.78, 5) is 10.5. The average Bonchev–Trinajstić information content (AvgIpc) is 2.17. The lowest BCUT2D eigenvalue weighted by atomic mass is 10.3. The summed E-state index contributed by atoms with van der Waals surface area (Å²) < 4.78 is 38.0. The van der Waals surface area contributed by atoms with E-state index in [0.29, 0.717) is 4.60 Å². The molecule has 90 valence electrons. The van der Waals surface area contributed by atoms with Crippen molar-refractivity contribution in [2.24, 2.45) is 0 Å². The Labute approximate surface area is 115 Å². The van der Waals surface area contributed by atoms with Crippen LogP contribution in [0, 0.1) is 0 Å². The maximum atomic E-state index is 12.5. The van der Waals surface area contributed by atoms with Crippen LogP contribution in [0.2, 0.25) is 5.15 Å². The van der Waals surface area contributed by atoms with Crippen molar-refractivity contribution >= 4 is 54.4 Å². The minimum atomic E-state index is -4.65. The van der Waals surface area contributed by atoms with Crippen LogP contribution in [-0.2, 0) is 6.18 Å². The van der Waals surface area contributed by atoms with Crippen molar-refractivity contribution in [3.05, 3.63) is 26.3 Å². The van der Waals surface area contributed by atoms with E-state index >= 15 is 0 Å². The van der Waals surface area contributed by atoms with E-state index in [4.69, 9.17) is 11.6 Å². The fraction of sp³-hybridized carbons (Fsp3) is 0.125. The van der Waals surface area contributed by atoms with Gasteiger partial charge in [-0.1, -0.05) is 11.6 Å². The monoisotopic (exact) mass is 389 g/mol. The Balaban J connectivity index is 2.83. The van der Waals surface area contributed by atoms with Crippen molar-refractivity contribution in [3.8, 4) is 0 Å². The molecule has 0 spiro atoms. The molecule has 0 aliphatic rings. The number of hydrogen-bond acceptors (Lipinski definition) is 3. The zero-order chi connectivity index (χ0) is 12.8. The lowest BCUT2D eigenvalue weighted by molar-refractivity contribution is -0.144. The van der Waals surface area contributed by atoms with Gasteiger partial charge in [0.25, 0.3) is 0 Å². The van der Waals surface area contributed by atoms with Crippen LogP contribution in [0.1, 0.15) is 5.82 Å². The van der Waals surface area contributed by atoms with Crippen molar-refractivity contribution < 1.29 is 13.2 Å². The molecule has 0 saturated carbocycles. The third-order valence-corrected chi connectivity index (χ3v) is 3.06. The van der Waals surface area contributed by atoms with Gasteiger partial charge in [0.1, 0.15) is 19.9 Å². The van der Waals surface area contributed by atoms with E-state index in [1.807, 2.05) is 0 Å². The fourth-order valence-corrected chi connectivity index (χ4v) is 2.51. The quantitative estimate of drug-likeness (QED) is 0.499. The largest absolute Gasteiger partial charge is 0.451 e. The van der Waals surface area contributed by atoms with Crippen LogP contribution in [0.15, 0.2) is 15.3 Å². The molecule has 0 bridgehead atoms. The summed E-state index contributed by atoms with van der Waals surface area (Å²) in [5, 5.41) is 0.0135. The average molecular weight is 391 g/mol. The summed E-state index contributed by atoms with van der Waals surface area (Å²) in [6.07, 6.45) is -4.65. The first-order valence-electron chi connectivity index (χ1n) is 4.05. The summed E-state index contributed by atoms with van der Waals surface area (Å²) in [5.74, 6) is -1.29. The molecule has 9 heteroatoms. The van der Waals surface area contributed by atoms with Gasteiger partial charge in [-0.2, -0.15) is 13.2 Å². The van der Waals surface area contributed by atoms with Crippen LogP contribution in [0.5, 0.6) is 0 Å². The van der Waals surface area contributed by atoms with Gasteiger partial charge in [0.2, 0.25) is 5.82 Å². The molecule has 3 nitrogen and oxygen atoms in total. The predicted molar refractivity (Wildman–Crippen MR) is 62.7 cm³/mol. The van der Waals surface area contributed by atoms with Gasteiger partial charge < -0.3 is 0 Å². The molecule has 2 heterocycles. The second-order valence-corrected chi connectivity index (χ2v) is 4.89. The van der Waals surface area contributed by atoms with Crippen LogP contribution in [-0.4, -0.2) is 15.0 Å². The Kier molecular flexibility index (Phi) is 3.30. The molecule has 0 aliphatic heterocycles. The van der Waals surface area contributed by atoms with Gasteiger partial charge in [0, 0.05) is 5.39 Å². The molecular formula is C8HBr2ClF3N3. The molecular weight excluding hydrogens is 390 g/mol. The minimum absolute atomic E-state index is 0.0144. The minimum Gasteiger partial charge on any atom is -0.232 e. The molecule has 0 fully saturated rings. The highest BCUT2D eigenvalue weighted by atomic mass is 79.9. The highest BCUT2D eigenvalue weighted by Crippen LogP contribution is 2.33. The van der Waals surface area contributed by atoms with E-state index in [0.717, 1.165) is 0 Å². The van der Waals surface area contributed by atoms with E-state index in [1.54, 1.807) is 0 Å². The van der Waals surface area contributed by atoms with E-state index in [2.05, 4.69) is 46.8 Å². The molecule has 2 rings (SSSR count). The fourth-order valence-electron chi connectivity index (χ4n) is 1.15. The molecule has 0 N–H and O–H groups in total. The van der Waals surface area contributed by atoms with E-state index in [9.17, 15) is 13.2 Å². The topological polar surface area (TPSA) is 38.7 Å². The van der Waals surface area contributed by atoms with Crippen LogP contribution >= 0.6 is 43.5 Å². The molecule has 0 aliphatic carbocycles. The molecule has 2 aromatic heterocycles. The highest BCUT2D eigenvalue weighted by Gasteiger charge is 2.35. The molecule has 0 radical (unpaired) electrons. The van der Waals surface area contributed by atoms with Gasteiger partial charge in [0.15, 0.2) is 0 Å². The maximum Gasteiger partial charge on any atom is 0.451 e. The van der Waals surface area contributed by atoms with E-state index in [-0.39, 0.29) is 20.7 Å². The van der Waals surface area contributed by atoms with Gasteiger partial charge in [-0.15, -0.1) is 0 Å². The molecule has 0 unspecified atom stereocenters. The molecule has 17 heavy (non-hydrogen) atoms. The standard InChI is InChI=1S/C8HBr2ClF3N3/c9-3-1-2-4(5(10)15-3)16-7(8(12,13)14)17-6(2)11/h1H. The van der Waals surface area contributed by atoms with Crippen molar-refractivity contribution in [3.63, 3.8) is 0 Å². The summed E-state index contributed by atoms with van der Waals surface area (Å²) in [6, 6.07) is 1.45. The van der Waals surface area contributed by atoms with Crippen LogP contribution < -0.4 is 0 Å². The summed E-state index contributed by atoms with van der Waals surface area (Å²) in [7, 11) is 0. The first-order chi connectivity index (χ1) is 7.79. The molecule has 0 saturated heterocycles. The van der Waals surface area contributed by atoms with Gasteiger partial charge in [-0.25, -0.2) is 15.0 Å². The lowest BCUT2D eigenvalue weighted by Crippen LogP contribution is -2.11. The number of hydrogen-bond donors (Lipinski definition) is 0. The number of aromatic nitrogens is 3. The number of rotatable bonds is 0. The maximum absolute atomic E-state index is 12.5. The number of fused-ring (bicyclic) bond motifs is 1. The van der Waals surface area contributed by atoms with Gasteiger partial charge in [0.05, 0.1) is 0 Å². The second kappa shape index (κ2) is 4.33. The Bertz CT molecular complexity index is 603. The Morgan fingerprint density at radius 2 is 1.76 bits per heavy atom. The summed E-state index contributed by atoms with van der Waals surface area (Å²) in [6.45, 7) is 0. The Morgan fingerprint density at radius 1 is 1.12 bits per heavy atom. The highest BCUT2D eigenvalue weighted by molar-refractivity contribution is 9.11. The van der Waals surface area contributed by atoms with Crippen molar-refractivity contribution in [1.29, 1.82) is 0 Å². The number of pyridine rings is 1. The van der Waals surface area contributed by atoms with Crippen LogP contribution in [0.3, 0.4) is 0 Å². The predicted octanol–water partition coefficient (Wildman–Crippen LogP) is 4.22.